The Morgan fingerprint density at radius 2 is 0.920 bits per heavy atom. The smallest absolute Gasteiger partial charge is 0.744 e. The molecule has 0 unspecified atom stereocenters. The van der Waals surface area contributed by atoms with E-state index in [1.165, 1.54) is 12.1 Å². The third-order valence-electron chi connectivity index (χ3n) is 3.20. The van der Waals surface area contributed by atoms with Crippen molar-refractivity contribution in [3.63, 3.8) is 0 Å². The fourth-order valence-electron chi connectivity index (χ4n) is 2.16. The molecule has 132 valence electrons. The van der Waals surface area contributed by atoms with Gasteiger partial charge in [0.05, 0.1) is 9.79 Å². The molecule has 0 aliphatic carbocycles. The average Bonchev–Trinajstić information content (AvgIpc) is 2.35. The molecule has 9 heteroatoms. The van der Waals surface area contributed by atoms with Gasteiger partial charge < -0.3 is 9.11 Å². The summed E-state index contributed by atoms with van der Waals surface area (Å²) in [4.78, 5) is -0.263. The summed E-state index contributed by atoms with van der Waals surface area (Å²) in [5.41, 5.74) is 2.90. The summed E-state index contributed by atoms with van der Waals surface area (Å²) in [6, 6.07) is 9.24. The van der Waals surface area contributed by atoms with Gasteiger partial charge in [0, 0.05) is 0 Å². The van der Waals surface area contributed by atoms with Crippen LogP contribution in [0.5, 0.6) is 0 Å². The number of rotatable bonds is 2. The zero-order valence-corrected chi connectivity index (χ0v) is 17.5. The van der Waals surface area contributed by atoms with Crippen molar-refractivity contribution in [2.75, 3.05) is 0 Å². The quantitative estimate of drug-likeness (QED) is 0.568. The largest absolute Gasteiger partial charge is 2.00 e. The Labute approximate surface area is 164 Å². The molecule has 0 aromatic heterocycles. The first-order valence-corrected chi connectivity index (χ1v) is 9.70. The van der Waals surface area contributed by atoms with Crippen LogP contribution in [0.1, 0.15) is 22.3 Å². The Bertz CT molecular complexity index is 871. The molecular formula is C16H18MgO6S2. The van der Waals surface area contributed by atoms with E-state index < -0.39 is 20.2 Å². The molecule has 0 N–H and O–H groups in total. The van der Waals surface area contributed by atoms with Gasteiger partial charge in [-0.25, -0.2) is 16.8 Å². The van der Waals surface area contributed by atoms with Crippen LogP contribution >= 0.6 is 0 Å². The van der Waals surface area contributed by atoms with Gasteiger partial charge in [-0.15, -0.1) is 0 Å². The zero-order valence-electron chi connectivity index (χ0n) is 14.4. The summed E-state index contributed by atoms with van der Waals surface area (Å²) in [7, 11) is -8.60. The van der Waals surface area contributed by atoms with E-state index >= 15 is 0 Å². The van der Waals surface area contributed by atoms with Crippen LogP contribution in [-0.4, -0.2) is 49.0 Å². The van der Waals surface area contributed by atoms with Crippen LogP contribution in [0.15, 0.2) is 46.2 Å². The first-order valence-electron chi connectivity index (χ1n) is 6.88. The monoisotopic (exact) mass is 394 g/mol. The zero-order chi connectivity index (χ0) is 18.7. The molecule has 0 spiro atoms. The molecule has 0 heterocycles. The minimum absolute atomic E-state index is 0. The summed E-state index contributed by atoms with van der Waals surface area (Å²) in [6.45, 7) is 6.90. The summed E-state index contributed by atoms with van der Waals surface area (Å²) < 4.78 is 63.7. The Kier molecular flexibility index (Phi) is 8.75. The van der Waals surface area contributed by atoms with Crippen molar-refractivity contribution < 1.29 is 25.9 Å². The molecular weight excluding hydrogens is 377 g/mol. The van der Waals surface area contributed by atoms with Crippen LogP contribution < -0.4 is 0 Å². The molecule has 0 fully saturated rings. The van der Waals surface area contributed by atoms with Gasteiger partial charge in [0.25, 0.3) is 0 Å². The van der Waals surface area contributed by atoms with Crippen molar-refractivity contribution in [1.29, 1.82) is 0 Å². The van der Waals surface area contributed by atoms with Crippen LogP contribution in [0, 0.1) is 27.7 Å². The van der Waals surface area contributed by atoms with E-state index in [-0.39, 0.29) is 32.8 Å². The second kappa shape index (κ2) is 9.11. The van der Waals surface area contributed by atoms with Gasteiger partial charge in [-0.1, -0.05) is 35.4 Å². The molecule has 0 aliphatic rings. The molecule has 2 aromatic rings. The van der Waals surface area contributed by atoms with Gasteiger partial charge in [0.1, 0.15) is 20.2 Å². The topological polar surface area (TPSA) is 114 Å². The van der Waals surface area contributed by atoms with Crippen LogP contribution in [0.4, 0.5) is 0 Å². The van der Waals surface area contributed by atoms with Crippen LogP contribution in [-0.2, 0) is 20.2 Å². The second-order valence-electron chi connectivity index (χ2n) is 5.45. The maximum Gasteiger partial charge on any atom is 2.00 e. The Morgan fingerprint density at radius 3 is 1.12 bits per heavy atom. The molecule has 2 rings (SSSR count). The normalized spacial score (nSPS) is 11.1. The van der Waals surface area contributed by atoms with Crippen molar-refractivity contribution in [1.82, 2.24) is 0 Å². The van der Waals surface area contributed by atoms with Crippen LogP contribution in [0.25, 0.3) is 0 Å². The first kappa shape index (κ1) is 24.0. The molecule has 0 aliphatic heterocycles. The van der Waals surface area contributed by atoms with Crippen molar-refractivity contribution >= 4 is 43.3 Å². The molecule has 2 aromatic carbocycles. The summed E-state index contributed by atoms with van der Waals surface area (Å²) in [6.07, 6.45) is 0. The minimum atomic E-state index is -4.30. The second-order valence-corrected chi connectivity index (χ2v) is 8.14. The molecule has 0 amide bonds. The van der Waals surface area contributed by atoms with Gasteiger partial charge in [-0.2, -0.15) is 0 Å². The summed E-state index contributed by atoms with van der Waals surface area (Å²) in [5.74, 6) is 0. The van der Waals surface area contributed by atoms with Gasteiger partial charge in [0.15, 0.2) is 0 Å². The molecule has 0 saturated heterocycles. The number of benzene rings is 2. The van der Waals surface area contributed by atoms with Crippen molar-refractivity contribution in [2.45, 2.75) is 37.5 Å². The third-order valence-corrected chi connectivity index (χ3v) is 5.19. The van der Waals surface area contributed by atoms with E-state index in [9.17, 15) is 25.9 Å². The fraction of sp³-hybridized carbons (Fsp3) is 0.250. The maximum absolute atomic E-state index is 10.6. The van der Waals surface area contributed by atoms with Gasteiger partial charge >= 0.3 is 23.1 Å². The van der Waals surface area contributed by atoms with E-state index in [1.54, 1.807) is 38.1 Å². The van der Waals surface area contributed by atoms with Crippen molar-refractivity contribution in [3.05, 3.63) is 58.7 Å². The molecule has 0 bridgehead atoms. The van der Waals surface area contributed by atoms with Gasteiger partial charge in [-0.3, -0.25) is 0 Å². The third kappa shape index (κ3) is 7.43. The Hall–Kier alpha value is -0.974. The first-order chi connectivity index (χ1) is 10.8. The fourth-order valence-corrected chi connectivity index (χ4v) is 3.54. The van der Waals surface area contributed by atoms with Crippen molar-refractivity contribution in [3.8, 4) is 0 Å². The molecule has 0 saturated carbocycles. The van der Waals surface area contributed by atoms with Gasteiger partial charge in [0.2, 0.25) is 0 Å². The van der Waals surface area contributed by atoms with Crippen LogP contribution in [0.3, 0.4) is 0 Å². The Balaban J connectivity index is 0.000000443. The minimum Gasteiger partial charge on any atom is -0.744 e. The van der Waals surface area contributed by atoms with E-state index in [0.29, 0.717) is 11.1 Å². The van der Waals surface area contributed by atoms with E-state index in [1.807, 2.05) is 13.8 Å². The predicted octanol–water partition coefficient (Wildman–Crippen LogP) is 2.03. The molecule has 0 atom stereocenters. The summed E-state index contributed by atoms with van der Waals surface area (Å²) in [5, 5.41) is 0. The SMILES string of the molecule is Cc1ccc(S(=O)(=O)[O-])c(C)c1.Cc1ccc(S(=O)(=O)[O-])c(C)c1.[Mg+2]. The van der Waals surface area contributed by atoms with Crippen molar-refractivity contribution in [2.24, 2.45) is 0 Å². The predicted molar refractivity (Wildman–Crippen MR) is 93.5 cm³/mol. The standard InChI is InChI=1S/2C8H10O3S.Mg/c2*1-6-3-4-8(7(2)5-6)12(9,10)11;/h2*3-5H,1-2H3,(H,9,10,11);/q;;+2/p-2. The number of hydrogen-bond acceptors (Lipinski definition) is 6. The molecule has 25 heavy (non-hydrogen) atoms. The molecule has 0 radical (unpaired) electrons. The maximum atomic E-state index is 10.6. The number of aryl methyl sites for hydroxylation is 4. The van der Waals surface area contributed by atoms with E-state index in [0.717, 1.165) is 11.1 Å². The van der Waals surface area contributed by atoms with Gasteiger partial charge in [-0.05, 0) is 51.0 Å². The van der Waals surface area contributed by atoms with E-state index in [2.05, 4.69) is 0 Å². The Morgan fingerprint density at radius 1 is 0.640 bits per heavy atom. The molecule has 6 nitrogen and oxygen atoms in total. The summed E-state index contributed by atoms with van der Waals surface area (Å²) >= 11 is 0. The van der Waals surface area contributed by atoms with E-state index in [4.69, 9.17) is 0 Å². The number of hydrogen-bond donors (Lipinski definition) is 0. The average molecular weight is 395 g/mol. The van der Waals surface area contributed by atoms with Crippen LogP contribution in [0.2, 0.25) is 0 Å².